The van der Waals surface area contributed by atoms with Crippen LogP contribution in [0, 0.1) is 0 Å². The second-order valence-corrected chi connectivity index (χ2v) is 11.7. The minimum Gasteiger partial charge on any atom is -0.444 e. The molecule has 4 heterocycles. The van der Waals surface area contributed by atoms with Crippen LogP contribution in [0.25, 0.3) is 20.8 Å². The molecule has 0 unspecified atom stereocenters. The molecule has 0 radical (unpaired) electrons. The largest absolute Gasteiger partial charge is 0.444 e. The maximum absolute atomic E-state index is 12.7. The number of nitrogens with one attached hydrogen (secondary N) is 2. The summed E-state index contributed by atoms with van der Waals surface area (Å²) in [6.07, 6.45) is 4.15. The van der Waals surface area contributed by atoms with E-state index in [0.29, 0.717) is 47.7 Å². The van der Waals surface area contributed by atoms with Crippen molar-refractivity contribution in [2.24, 2.45) is 0 Å². The van der Waals surface area contributed by atoms with Crippen LogP contribution in [0.3, 0.4) is 0 Å². The molecule has 0 atom stereocenters. The van der Waals surface area contributed by atoms with Gasteiger partial charge in [-0.05, 0) is 63.1 Å². The van der Waals surface area contributed by atoms with E-state index in [1.807, 2.05) is 26.8 Å². The van der Waals surface area contributed by atoms with Gasteiger partial charge in [-0.3, -0.25) is 14.6 Å². The van der Waals surface area contributed by atoms with Crippen LogP contribution in [0.1, 0.15) is 41.6 Å². The minimum absolute atomic E-state index is 0.247. The summed E-state index contributed by atoms with van der Waals surface area (Å²) in [5.74, 6) is -0.247. The number of carbonyl (C=O) groups is 3. The molecule has 37 heavy (non-hydrogen) atoms. The summed E-state index contributed by atoms with van der Waals surface area (Å²) >= 11 is 2.94. The Labute approximate surface area is 221 Å². The molecule has 1 aromatic carbocycles. The van der Waals surface area contributed by atoms with Crippen molar-refractivity contribution < 1.29 is 19.1 Å². The molecule has 1 aliphatic rings. The molecule has 0 aliphatic carbocycles. The molecule has 1 aliphatic heterocycles. The van der Waals surface area contributed by atoms with Crippen LogP contribution in [0.5, 0.6) is 0 Å². The summed E-state index contributed by atoms with van der Waals surface area (Å²) in [5.41, 5.74) is 3.17. The van der Waals surface area contributed by atoms with Crippen molar-refractivity contribution in [3.8, 4) is 10.6 Å². The Morgan fingerprint density at radius 1 is 1.19 bits per heavy atom. The Bertz CT molecular complexity index is 1490. The third-order valence-corrected chi connectivity index (χ3v) is 7.88. The molecule has 9 nitrogen and oxygen atoms in total. The predicted molar refractivity (Wildman–Crippen MR) is 145 cm³/mol. The van der Waals surface area contributed by atoms with Crippen molar-refractivity contribution in [3.63, 3.8) is 0 Å². The van der Waals surface area contributed by atoms with Crippen molar-refractivity contribution >= 4 is 62.0 Å². The van der Waals surface area contributed by atoms with Crippen molar-refractivity contribution in [2.45, 2.75) is 39.3 Å². The third-order valence-electron chi connectivity index (χ3n) is 5.68. The second kappa shape index (κ2) is 9.91. The average Bonchev–Trinajstić information content (AvgIpc) is 3.43. The third kappa shape index (κ3) is 5.32. The van der Waals surface area contributed by atoms with Crippen molar-refractivity contribution in [2.75, 3.05) is 17.2 Å². The van der Waals surface area contributed by atoms with E-state index in [1.165, 1.54) is 22.7 Å². The number of carbonyl (C=O) groups excluding carboxylic acids is 3. The Morgan fingerprint density at radius 2 is 2.03 bits per heavy atom. The lowest BCUT2D eigenvalue weighted by Crippen LogP contribution is -2.39. The number of hydrogen-bond donors (Lipinski definition) is 2. The zero-order valence-corrected chi connectivity index (χ0v) is 22.2. The van der Waals surface area contributed by atoms with E-state index in [2.05, 4.69) is 15.6 Å². The van der Waals surface area contributed by atoms with E-state index in [9.17, 15) is 14.4 Å². The van der Waals surface area contributed by atoms with Gasteiger partial charge in [0.05, 0.1) is 28.6 Å². The van der Waals surface area contributed by atoms with E-state index in [1.54, 1.807) is 41.6 Å². The van der Waals surface area contributed by atoms with E-state index < -0.39 is 5.60 Å². The lowest BCUT2D eigenvalue weighted by molar-refractivity contribution is -0.105. The number of hydrogen-bond acceptors (Lipinski definition) is 8. The fraction of sp³-hybridized carbons (Fsp3) is 0.269. The molecule has 5 rings (SSSR count). The van der Waals surface area contributed by atoms with Gasteiger partial charge in [0.2, 0.25) is 6.41 Å². The number of thiazole rings is 1. The Kier molecular flexibility index (Phi) is 6.65. The number of benzene rings is 1. The topological polar surface area (TPSA) is 114 Å². The SMILES string of the molecule is CC(C)(C)OC(=O)N1CCc2c(sc(NC=O)c2-c2nc3cc(C(=O)Nc4cccnc4)ccc3s2)C1. The van der Waals surface area contributed by atoms with Gasteiger partial charge in [0, 0.05) is 28.7 Å². The number of aromatic nitrogens is 2. The highest BCUT2D eigenvalue weighted by molar-refractivity contribution is 7.22. The number of thiophene rings is 1. The van der Waals surface area contributed by atoms with Gasteiger partial charge in [-0.25, -0.2) is 9.78 Å². The molecule has 0 saturated heterocycles. The number of amides is 3. The van der Waals surface area contributed by atoms with Crippen LogP contribution in [-0.2, 0) is 22.5 Å². The van der Waals surface area contributed by atoms with Gasteiger partial charge < -0.3 is 20.3 Å². The lowest BCUT2D eigenvalue weighted by atomic mass is 10.0. The molecule has 3 amide bonds. The van der Waals surface area contributed by atoms with Crippen LogP contribution in [0.15, 0.2) is 42.7 Å². The van der Waals surface area contributed by atoms with Gasteiger partial charge in [0.1, 0.15) is 15.6 Å². The molecule has 0 saturated carbocycles. The highest BCUT2D eigenvalue weighted by Gasteiger charge is 2.31. The molecule has 0 spiro atoms. The summed E-state index contributed by atoms with van der Waals surface area (Å²) in [6, 6.07) is 8.93. The first-order chi connectivity index (χ1) is 17.7. The van der Waals surface area contributed by atoms with E-state index in [4.69, 9.17) is 9.72 Å². The number of nitrogens with zero attached hydrogens (tertiary/aromatic N) is 3. The molecular formula is C26H25N5O4S2. The molecule has 4 aromatic rings. The van der Waals surface area contributed by atoms with Crippen LogP contribution in [0.4, 0.5) is 15.5 Å². The first kappa shape index (κ1) is 24.8. The summed E-state index contributed by atoms with van der Waals surface area (Å²) in [6.45, 7) is 6.45. The molecule has 3 aromatic heterocycles. The van der Waals surface area contributed by atoms with Crippen LogP contribution in [0.2, 0.25) is 0 Å². The Hall–Kier alpha value is -3.83. The molecule has 11 heteroatoms. The summed E-state index contributed by atoms with van der Waals surface area (Å²) in [4.78, 5) is 48.3. The first-order valence-electron chi connectivity index (χ1n) is 11.7. The van der Waals surface area contributed by atoms with E-state index in [-0.39, 0.29) is 12.0 Å². The number of fused-ring (bicyclic) bond motifs is 2. The Morgan fingerprint density at radius 3 is 2.76 bits per heavy atom. The lowest BCUT2D eigenvalue weighted by Gasteiger charge is -2.30. The number of ether oxygens (including phenoxy) is 1. The molecule has 0 fully saturated rings. The summed E-state index contributed by atoms with van der Waals surface area (Å²) < 4.78 is 6.47. The Balaban J connectivity index is 1.44. The van der Waals surface area contributed by atoms with Crippen molar-refractivity contribution in [3.05, 3.63) is 58.7 Å². The van der Waals surface area contributed by atoms with Gasteiger partial charge in [-0.2, -0.15) is 0 Å². The highest BCUT2D eigenvalue weighted by Crippen LogP contribution is 2.45. The molecule has 0 bridgehead atoms. The number of pyridine rings is 1. The average molecular weight is 536 g/mol. The fourth-order valence-electron chi connectivity index (χ4n) is 4.08. The quantitative estimate of drug-likeness (QED) is 0.325. The maximum Gasteiger partial charge on any atom is 0.410 e. The second-order valence-electron chi connectivity index (χ2n) is 9.52. The summed E-state index contributed by atoms with van der Waals surface area (Å²) in [7, 11) is 0. The van der Waals surface area contributed by atoms with E-state index in [0.717, 1.165) is 25.7 Å². The molecular weight excluding hydrogens is 510 g/mol. The monoisotopic (exact) mass is 535 g/mol. The van der Waals surface area contributed by atoms with Crippen molar-refractivity contribution in [1.29, 1.82) is 0 Å². The minimum atomic E-state index is -0.572. The standard InChI is InChI=1S/C26H25N5O4S2/c1-26(2,3)35-25(34)31-10-8-17-20(13-31)37-23(28-14-32)21(17)24-30-18-11-15(6-7-19(18)36-24)22(33)29-16-5-4-9-27-12-16/h4-7,9,11-12,14H,8,10,13H2,1-3H3,(H,28,32)(H,29,33). The van der Waals surface area contributed by atoms with Crippen molar-refractivity contribution in [1.82, 2.24) is 14.9 Å². The zero-order valence-electron chi connectivity index (χ0n) is 20.5. The normalized spacial score (nSPS) is 13.2. The van der Waals surface area contributed by atoms with Gasteiger partial charge in [-0.1, -0.05) is 0 Å². The molecule has 2 N–H and O–H groups in total. The summed E-state index contributed by atoms with van der Waals surface area (Å²) in [5, 5.41) is 7.10. The molecule has 190 valence electrons. The van der Waals surface area contributed by atoms with E-state index >= 15 is 0 Å². The van der Waals surface area contributed by atoms with Gasteiger partial charge >= 0.3 is 6.09 Å². The maximum atomic E-state index is 12.7. The van der Waals surface area contributed by atoms with Crippen LogP contribution in [-0.4, -0.2) is 45.4 Å². The van der Waals surface area contributed by atoms with Gasteiger partial charge in [0.25, 0.3) is 5.91 Å². The van der Waals surface area contributed by atoms with Gasteiger partial charge in [0.15, 0.2) is 0 Å². The fourth-order valence-corrected chi connectivity index (χ4v) is 6.40. The highest BCUT2D eigenvalue weighted by atomic mass is 32.1. The first-order valence-corrected chi connectivity index (χ1v) is 13.3. The number of rotatable bonds is 5. The smallest absolute Gasteiger partial charge is 0.410 e. The van der Waals surface area contributed by atoms with Gasteiger partial charge in [-0.15, -0.1) is 22.7 Å². The predicted octanol–water partition coefficient (Wildman–Crippen LogP) is 5.53. The van der Waals surface area contributed by atoms with Crippen LogP contribution < -0.4 is 10.6 Å². The zero-order chi connectivity index (χ0) is 26.2. The number of anilines is 2. The van der Waals surface area contributed by atoms with Crippen LogP contribution >= 0.6 is 22.7 Å².